The Balaban J connectivity index is 1.63. The summed E-state index contributed by atoms with van der Waals surface area (Å²) < 4.78 is 1.89. The highest BCUT2D eigenvalue weighted by Gasteiger charge is 2.13. The molecule has 3 rings (SSSR count). The number of aromatic nitrogens is 4. The molecule has 0 aliphatic rings. The predicted octanol–water partition coefficient (Wildman–Crippen LogP) is 2.78. The van der Waals surface area contributed by atoms with Gasteiger partial charge in [0.25, 0.3) is 0 Å². The maximum Gasteiger partial charge on any atom is 0.191 e. The van der Waals surface area contributed by atoms with Crippen molar-refractivity contribution in [2.45, 2.75) is 11.6 Å². The highest BCUT2D eigenvalue weighted by molar-refractivity contribution is 7.99. The second kappa shape index (κ2) is 7.19. The molecule has 6 heteroatoms. The van der Waals surface area contributed by atoms with E-state index < -0.39 is 0 Å². The van der Waals surface area contributed by atoms with E-state index in [2.05, 4.69) is 15.2 Å². The number of hydrogen-bond donors (Lipinski definition) is 0. The van der Waals surface area contributed by atoms with Crippen LogP contribution in [0.1, 0.15) is 5.56 Å². The van der Waals surface area contributed by atoms with Crippen molar-refractivity contribution in [1.82, 2.24) is 19.7 Å². The van der Waals surface area contributed by atoms with Crippen LogP contribution >= 0.6 is 11.8 Å². The fourth-order valence-electron chi connectivity index (χ4n) is 2.21. The van der Waals surface area contributed by atoms with Gasteiger partial charge >= 0.3 is 0 Å². The lowest BCUT2D eigenvalue weighted by atomic mass is 10.1. The van der Waals surface area contributed by atoms with Gasteiger partial charge in [-0.1, -0.05) is 42.1 Å². The van der Waals surface area contributed by atoms with Gasteiger partial charge in [-0.3, -0.25) is 9.78 Å². The maximum atomic E-state index is 12.1. The summed E-state index contributed by atoms with van der Waals surface area (Å²) in [5.74, 6) is 1.30. The molecule has 0 aliphatic heterocycles. The van der Waals surface area contributed by atoms with Crippen molar-refractivity contribution in [3.8, 4) is 11.4 Å². The van der Waals surface area contributed by atoms with E-state index in [1.54, 1.807) is 12.4 Å². The van der Waals surface area contributed by atoms with Gasteiger partial charge in [-0.15, -0.1) is 10.2 Å². The van der Waals surface area contributed by atoms with Crippen LogP contribution in [-0.2, 0) is 18.3 Å². The maximum absolute atomic E-state index is 12.1. The van der Waals surface area contributed by atoms with Gasteiger partial charge in [0.2, 0.25) is 0 Å². The van der Waals surface area contributed by atoms with Crippen molar-refractivity contribution in [3.63, 3.8) is 0 Å². The zero-order valence-electron chi connectivity index (χ0n) is 12.7. The standard InChI is InChI=1S/C17H16N4OS/c1-21-16(14-8-5-9-18-11-14)19-20-17(21)23-12-15(22)10-13-6-3-2-4-7-13/h2-9,11H,10,12H2,1H3. The molecule has 0 atom stereocenters. The van der Waals surface area contributed by atoms with E-state index in [1.165, 1.54) is 11.8 Å². The van der Waals surface area contributed by atoms with Gasteiger partial charge in [-0.05, 0) is 17.7 Å². The van der Waals surface area contributed by atoms with Crippen LogP contribution in [0, 0.1) is 0 Å². The number of carbonyl (C=O) groups excluding carboxylic acids is 1. The van der Waals surface area contributed by atoms with Crippen molar-refractivity contribution < 1.29 is 4.79 Å². The van der Waals surface area contributed by atoms with Crippen LogP contribution in [0.25, 0.3) is 11.4 Å². The molecule has 0 unspecified atom stereocenters. The normalized spacial score (nSPS) is 10.7. The van der Waals surface area contributed by atoms with E-state index in [-0.39, 0.29) is 5.78 Å². The number of hydrogen-bond acceptors (Lipinski definition) is 5. The van der Waals surface area contributed by atoms with Crippen molar-refractivity contribution in [1.29, 1.82) is 0 Å². The summed E-state index contributed by atoms with van der Waals surface area (Å²) in [5.41, 5.74) is 1.94. The minimum absolute atomic E-state index is 0.173. The number of thioether (sulfide) groups is 1. The Morgan fingerprint density at radius 1 is 1.13 bits per heavy atom. The molecule has 0 amide bonds. The second-order valence-electron chi connectivity index (χ2n) is 5.10. The minimum Gasteiger partial charge on any atom is -0.305 e. The molecule has 2 aromatic heterocycles. The summed E-state index contributed by atoms with van der Waals surface area (Å²) in [5, 5.41) is 9.08. The number of Topliss-reactive ketones (excluding diaryl/α,β-unsaturated/α-hetero) is 1. The fourth-order valence-corrected chi connectivity index (χ4v) is 2.98. The Kier molecular flexibility index (Phi) is 4.83. The molecule has 0 radical (unpaired) electrons. The topological polar surface area (TPSA) is 60.7 Å². The van der Waals surface area contributed by atoms with E-state index in [0.717, 1.165) is 22.1 Å². The number of ketones is 1. The van der Waals surface area contributed by atoms with Crippen LogP contribution in [0.5, 0.6) is 0 Å². The van der Waals surface area contributed by atoms with E-state index in [4.69, 9.17) is 0 Å². The monoisotopic (exact) mass is 324 g/mol. The third kappa shape index (κ3) is 3.84. The van der Waals surface area contributed by atoms with Crippen LogP contribution in [-0.4, -0.2) is 31.3 Å². The smallest absolute Gasteiger partial charge is 0.191 e. The summed E-state index contributed by atoms with van der Waals surface area (Å²) in [6.45, 7) is 0. The lowest BCUT2D eigenvalue weighted by molar-refractivity contribution is -0.116. The zero-order chi connectivity index (χ0) is 16.1. The fraction of sp³-hybridized carbons (Fsp3) is 0.176. The summed E-state index contributed by atoms with van der Waals surface area (Å²) in [6.07, 6.45) is 3.91. The molecule has 0 spiro atoms. The van der Waals surface area contributed by atoms with Gasteiger partial charge < -0.3 is 4.57 Å². The summed E-state index contributed by atoms with van der Waals surface area (Å²) in [6, 6.07) is 13.6. The van der Waals surface area contributed by atoms with Gasteiger partial charge in [0, 0.05) is 31.4 Å². The predicted molar refractivity (Wildman–Crippen MR) is 90.1 cm³/mol. The van der Waals surface area contributed by atoms with Crippen LogP contribution in [0.2, 0.25) is 0 Å². The molecule has 5 nitrogen and oxygen atoms in total. The quantitative estimate of drug-likeness (QED) is 0.653. The molecule has 116 valence electrons. The molecular weight excluding hydrogens is 308 g/mol. The van der Waals surface area contributed by atoms with Crippen LogP contribution < -0.4 is 0 Å². The Bertz CT molecular complexity index is 787. The minimum atomic E-state index is 0.173. The molecule has 3 aromatic rings. The first-order chi connectivity index (χ1) is 11.2. The molecule has 0 saturated heterocycles. The number of rotatable bonds is 6. The first kappa shape index (κ1) is 15.4. The Hall–Kier alpha value is -2.47. The van der Waals surface area contributed by atoms with Gasteiger partial charge in [-0.25, -0.2) is 0 Å². The van der Waals surface area contributed by atoms with Gasteiger partial charge in [0.05, 0.1) is 5.75 Å². The molecule has 0 N–H and O–H groups in total. The van der Waals surface area contributed by atoms with E-state index in [0.29, 0.717) is 12.2 Å². The Labute approximate surface area is 138 Å². The molecule has 0 saturated carbocycles. The van der Waals surface area contributed by atoms with Crippen molar-refractivity contribution in [2.24, 2.45) is 7.05 Å². The average Bonchev–Trinajstić information content (AvgIpc) is 2.95. The number of carbonyl (C=O) groups is 1. The van der Waals surface area contributed by atoms with Crippen molar-refractivity contribution in [2.75, 3.05) is 5.75 Å². The summed E-state index contributed by atoms with van der Waals surface area (Å²) in [4.78, 5) is 16.2. The molecule has 1 aromatic carbocycles. The molecule has 0 bridgehead atoms. The van der Waals surface area contributed by atoms with Gasteiger partial charge in [0.1, 0.15) is 5.78 Å². The van der Waals surface area contributed by atoms with Crippen LogP contribution in [0.3, 0.4) is 0 Å². The van der Waals surface area contributed by atoms with Crippen molar-refractivity contribution in [3.05, 3.63) is 60.4 Å². The number of nitrogens with zero attached hydrogens (tertiary/aromatic N) is 4. The summed E-state index contributed by atoms with van der Waals surface area (Å²) in [7, 11) is 1.90. The van der Waals surface area contributed by atoms with Crippen LogP contribution in [0.4, 0.5) is 0 Å². The average molecular weight is 324 g/mol. The first-order valence-electron chi connectivity index (χ1n) is 7.22. The molecule has 0 fully saturated rings. The van der Waals surface area contributed by atoms with E-state index >= 15 is 0 Å². The SMILES string of the molecule is Cn1c(SCC(=O)Cc2ccccc2)nnc1-c1cccnc1. The zero-order valence-corrected chi connectivity index (χ0v) is 13.5. The van der Waals surface area contributed by atoms with E-state index in [9.17, 15) is 4.79 Å². The van der Waals surface area contributed by atoms with Crippen LogP contribution in [0.15, 0.2) is 60.0 Å². The molecule has 23 heavy (non-hydrogen) atoms. The molecular formula is C17H16N4OS. The first-order valence-corrected chi connectivity index (χ1v) is 8.21. The van der Waals surface area contributed by atoms with Gasteiger partial charge in [0.15, 0.2) is 11.0 Å². The molecule has 2 heterocycles. The van der Waals surface area contributed by atoms with Crippen molar-refractivity contribution >= 4 is 17.5 Å². The summed E-state index contributed by atoms with van der Waals surface area (Å²) >= 11 is 1.41. The highest BCUT2D eigenvalue weighted by Crippen LogP contribution is 2.22. The number of pyridine rings is 1. The lowest BCUT2D eigenvalue weighted by Gasteiger charge is -2.03. The molecule has 0 aliphatic carbocycles. The largest absolute Gasteiger partial charge is 0.305 e. The third-order valence-corrected chi connectivity index (χ3v) is 4.44. The van der Waals surface area contributed by atoms with E-state index in [1.807, 2.05) is 54.1 Å². The Morgan fingerprint density at radius 3 is 2.70 bits per heavy atom. The number of benzene rings is 1. The van der Waals surface area contributed by atoms with Gasteiger partial charge in [-0.2, -0.15) is 0 Å². The highest BCUT2D eigenvalue weighted by atomic mass is 32.2. The second-order valence-corrected chi connectivity index (χ2v) is 6.04. The Morgan fingerprint density at radius 2 is 1.96 bits per heavy atom. The lowest BCUT2D eigenvalue weighted by Crippen LogP contribution is -2.06. The third-order valence-electron chi connectivity index (χ3n) is 3.36.